The number of carbonyl (C=O) groups excluding carboxylic acids is 3. The van der Waals surface area contributed by atoms with Crippen LogP contribution < -0.4 is 0 Å². The Morgan fingerprint density at radius 2 is 1.79 bits per heavy atom. The van der Waals surface area contributed by atoms with E-state index in [0.29, 0.717) is 55.9 Å². The van der Waals surface area contributed by atoms with Gasteiger partial charge in [0.2, 0.25) is 0 Å². The third kappa shape index (κ3) is 3.98. The molecule has 1 aromatic carbocycles. The van der Waals surface area contributed by atoms with Crippen LogP contribution in [0.25, 0.3) is 10.9 Å². The number of hydrogen-bond acceptors (Lipinski definition) is 5. The number of piperidine rings is 1. The third-order valence-corrected chi connectivity index (χ3v) is 7.42. The lowest BCUT2D eigenvalue weighted by atomic mass is 9.94. The molecule has 7 heteroatoms. The summed E-state index contributed by atoms with van der Waals surface area (Å²) in [4.78, 5) is 47.8. The van der Waals surface area contributed by atoms with E-state index in [4.69, 9.17) is 9.72 Å². The number of para-hydroxylation sites is 1. The molecule has 3 heterocycles. The van der Waals surface area contributed by atoms with Crippen molar-refractivity contribution < 1.29 is 19.1 Å². The fourth-order valence-electron chi connectivity index (χ4n) is 5.63. The number of amides is 2. The number of nitrogens with zero attached hydrogens (tertiary/aromatic N) is 3. The Labute approximate surface area is 194 Å². The van der Waals surface area contributed by atoms with Crippen LogP contribution in [0.3, 0.4) is 0 Å². The largest absolute Gasteiger partial charge is 0.466 e. The number of fused-ring (bicyclic) bond motifs is 2. The topological polar surface area (TPSA) is 79.8 Å². The van der Waals surface area contributed by atoms with Crippen molar-refractivity contribution >= 4 is 28.7 Å². The first-order chi connectivity index (χ1) is 16.1. The lowest BCUT2D eigenvalue weighted by Gasteiger charge is -2.32. The van der Waals surface area contributed by atoms with Crippen LogP contribution in [0.15, 0.2) is 24.3 Å². The Kier molecular flexibility index (Phi) is 6.04. The Hall–Kier alpha value is -2.96. The Morgan fingerprint density at radius 1 is 1.06 bits per heavy atom. The molecule has 0 N–H and O–H groups in total. The van der Waals surface area contributed by atoms with E-state index >= 15 is 0 Å². The van der Waals surface area contributed by atoms with Gasteiger partial charge in [-0.1, -0.05) is 37.5 Å². The van der Waals surface area contributed by atoms with Gasteiger partial charge in [-0.15, -0.1) is 0 Å². The van der Waals surface area contributed by atoms with Gasteiger partial charge >= 0.3 is 5.97 Å². The molecule has 5 rings (SSSR count). The van der Waals surface area contributed by atoms with Gasteiger partial charge in [0.05, 0.1) is 23.6 Å². The van der Waals surface area contributed by atoms with E-state index < -0.39 is 0 Å². The van der Waals surface area contributed by atoms with Crippen LogP contribution in [0.4, 0.5) is 0 Å². The van der Waals surface area contributed by atoms with Gasteiger partial charge in [0.1, 0.15) is 5.69 Å². The molecule has 2 aliphatic heterocycles. The van der Waals surface area contributed by atoms with Gasteiger partial charge < -0.3 is 14.5 Å². The zero-order valence-corrected chi connectivity index (χ0v) is 19.2. The fourth-order valence-corrected chi connectivity index (χ4v) is 5.63. The smallest absolute Gasteiger partial charge is 0.309 e. The summed E-state index contributed by atoms with van der Waals surface area (Å²) in [5.74, 6) is -0.436. The summed E-state index contributed by atoms with van der Waals surface area (Å²) in [6.45, 7) is 3.65. The number of benzene rings is 1. The van der Waals surface area contributed by atoms with Crippen LogP contribution >= 0.6 is 0 Å². The summed E-state index contributed by atoms with van der Waals surface area (Å²) in [6.07, 6.45) is 6.74. The highest BCUT2D eigenvalue weighted by Gasteiger charge is 2.39. The highest BCUT2D eigenvalue weighted by Crippen LogP contribution is 2.35. The number of pyridine rings is 1. The zero-order valence-electron chi connectivity index (χ0n) is 19.2. The Bertz CT molecular complexity index is 1080. The highest BCUT2D eigenvalue weighted by atomic mass is 16.5. The molecule has 1 saturated heterocycles. The summed E-state index contributed by atoms with van der Waals surface area (Å²) in [5.41, 5.74) is 2.49. The minimum atomic E-state index is -0.173. The molecule has 3 aliphatic rings. The lowest BCUT2D eigenvalue weighted by molar-refractivity contribution is -0.149. The second kappa shape index (κ2) is 9.12. The van der Waals surface area contributed by atoms with Crippen molar-refractivity contribution in [2.75, 3.05) is 19.7 Å². The van der Waals surface area contributed by atoms with E-state index in [2.05, 4.69) is 0 Å². The van der Waals surface area contributed by atoms with E-state index in [-0.39, 0.29) is 29.7 Å². The molecule has 2 aromatic rings. The van der Waals surface area contributed by atoms with Crippen molar-refractivity contribution in [3.05, 3.63) is 41.1 Å². The number of carbonyl (C=O) groups is 3. The molecule has 174 valence electrons. The van der Waals surface area contributed by atoms with Crippen molar-refractivity contribution in [1.82, 2.24) is 14.8 Å². The molecule has 0 spiro atoms. The summed E-state index contributed by atoms with van der Waals surface area (Å²) in [5, 5.41) is 0.798. The molecule has 2 fully saturated rings. The predicted molar refractivity (Wildman–Crippen MR) is 124 cm³/mol. The number of rotatable bonds is 4. The number of likely N-dealkylation sites (tertiary alicyclic amines) is 1. The van der Waals surface area contributed by atoms with Crippen molar-refractivity contribution in [1.29, 1.82) is 0 Å². The van der Waals surface area contributed by atoms with Gasteiger partial charge in [-0.2, -0.15) is 0 Å². The van der Waals surface area contributed by atoms with Crippen molar-refractivity contribution in [3.8, 4) is 0 Å². The standard InChI is InChI=1S/C26H31N3O4/c1-2-33-26(32)17-12-14-28(15-13-17)24(30)22-19-10-6-7-11-21(19)27-23-20(22)16-29(25(23)31)18-8-4-3-5-9-18/h6-7,10-11,17-18H,2-5,8-9,12-16H2,1H3. The number of aromatic nitrogens is 1. The highest BCUT2D eigenvalue weighted by molar-refractivity contribution is 6.11. The molecule has 0 radical (unpaired) electrons. The van der Waals surface area contributed by atoms with Crippen LogP contribution in [0.2, 0.25) is 0 Å². The van der Waals surface area contributed by atoms with Crippen LogP contribution in [0.5, 0.6) is 0 Å². The van der Waals surface area contributed by atoms with Crippen molar-refractivity contribution in [3.63, 3.8) is 0 Å². The van der Waals surface area contributed by atoms with Gasteiger partial charge in [0.25, 0.3) is 11.8 Å². The molecular formula is C26H31N3O4. The maximum absolute atomic E-state index is 13.8. The molecule has 1 aliphatic carbocycles. The minimum Gasteiger partial charge on any atom is -0.466 e. The quantitative estimate of drug-likeness (QED) is 0.661. The lowest BCUT2D eigenvalue weighted by Crippen LogP contribution is -2.41. The van der Waals surface area contributed by atoms with Crippen molar-refractivity contribution in [2.45, 2.75) is 64.5 Å². The molecule has 1 aromatic heterocycles. The summed E-state index contributed by atoms with van der Waals surface area (Å²) < 4.78 is 5.17. The maximum Gasteiger partial charge on any atom is 0.309 e. The molecule has 33 heavy (non-hydrogen) atoms. The van der Waals surface area contributed by atoms with Crippen LogP contribution in [0, 0.1) is 5.92 Å². The Balaban J connectivity index is 1.46. The summed E-state index contributed by atoms with van der Waals surface area (Å²) in [6, 6.07) is 7.83. The molecule has 1 saturated carbocycles. The monoisotopic (exact) mass is 449 g/mol. The van der Waals surface area contributed by atoms with Gasteiger partial charge in [-0.3, -0.25) is 14.4 Å². The van der Waals surface area contributed by atoms with Gasteiger partial charge in [-0.05, 0) is 38.7 Å². The molecule has 7 nitrogen and oxygen atoms in total. The van der Waals surface area contributed by atoms with Crippen LogP contribution in [-0.4, -0.2) is 58.3 Å². The van der Waals surface area contributed by atoms with E-state index in [0.717, 1.165) is 36.6 Å². The average molecular weight is 450 g/mol. The number of hydrogen-bond donors (Lipinski definition) is 0. The molecule has 2 amide bonds. The molecule has 0 bridgehead atoms. The molecule has 0 unspecified atom stereocenters. The zero-order chi connectivity index (χ0) is 22.9. The van der Waals surface area contributed by atoms with E-state index in [1.807, 2.05) is 41.0 Å². The molecule has 0 atom stereocenters. The third-order valence-electron chi connectivity index (χ3n) is 7.42. The number of ether oxygens (including phenoxy) is 1. The first-order valence-corrected chi connectivity index (χ1v) is 12.3. The molecular weight excluding hydrogens is 418 g/mol. The van der Waals surface area contributed by atoms with E-state index in [9.17, 15) is 14.4 Å². The minimum absolute atomic E-state index is 0.0438. The second-order valence-corrected chi connectivity index (χ2v) is 9.37. The predicted octanol–water partition coefficient (Wildman–Crippen LogP) is 3.94. The van der Waals surface area contributed by atoms with Crippen molar-refractivity contribution in [2.24, 2.45) is 5.92 Å². The van der Waals surface area contributed by atoms with Gasteiger partial charge in [0.15, 0.2) is 0 Å². The first-order valence-electron chi connectivity index (χ1n) is 12.3. The first kappa shape index (κ1) is 21.9. The van der Waals surface area contributed by atoms with Crippen LogP contribution in [-0.2, 0) is 16.1 Å². The van der Waals surface area contributed by atoms with E-state index in [1.54, 1.807) is 0 Å². The normalized spacial score (nSPS) is 19.7. The summed E-state index contributed by atoms with van der Waals surface area (Å²) >= 11 is 0. The fraction of sp³-hybridized carbons (Fsp3) is 0.538. The average Bonchev–Trinajstić information content (AvgIpc) is 3.18. The van der Waals surface area contributed by atoms with Crippen LogP contribution in [0.1, 0.15) is 78.3 Å². The van der Waals surface area contributed by atoms with Gasteiger partial charge in [-0.25, -0.2) is 4.98 Å². The summed E-state index contributed by atoms with van der Waals surface area (Å²) in [7, 11) is 0. The van der Waals surface area contributed by atoms with Gasteiger partial charge in [0, 0.05) is 36.6 Å². The SMILES string of the molecule is CCOC(=O)C1CCN(C(=O)c2c3c(nc4ccccc24)C(=O)N(C2CCCCC2)C3)CC1. The Morgan fingerprint density at radius 3 is 2.52 bits per heavy atom. The second-order valence-electron chi connectivity index (χ2n) is 9.37. The maximum atomic E-state index is 13.8. The number of esters is 1. The van der Waals surface area contributed by atoms with E-state index in [1.165, 1.54) is 6.42 Å².